The second-order valence-corrected chi connectivity index (χ2v) is 6.86. The smallest absolute Gasteiger partial charge is 0.313 e. The molecule has 0 spiro atoms. The van der Waals surface area contributed by atoms with Crippen molar-refractivity contribution in [2.45, 2.75) is 18.3 Å². The highest BCUT2D eigenvalue weighted by Crippen LogP contribution is 2.32. The van der Waals surface area contributed by atoms with Crippen LogP contribution in [0, 0.1) is 0 Å². The fourth-order valence-corrected chi connectivity index (χ4v) is 3.38. The van der Waals surface area contributed by atoms with Crippen LogP contribution in [0.5, 0.6) is 0 Å². The second kappa shape index (κ2) is 8.14. The van der Waals surface area contributed by atoms with E-state index in [0.717, 1.165) is 24.6 Å². The Hall–Kier alpha value is -1.09. The molecule has 1 heterocycles. The molecule has 0 aliphatic carbocycles. The van der Waals surface area contributed by atoms with Gasteiger partial charge in [-0.3, -0.25) is 0 Å². The average molecular weight is 371 g/mol. The van der Waals surface area contributed by atoms with Crippen molar-refractivity contribution in [3.8, 4) is 0 Å². The zero-order chi connectivity index (χ0) is 16.2. The van der Waals surface area contributed by atoms with Crippen LogP contribution >= 0.6 is 12.4 Å². The van der Waals surface area contributed by atoms with Gasteiger partial charge in [-0.2, -0.15) is 13.2 Å². The summed E-state index contributed by atoms with van der Waals surface area (Å²) in [6, 6.07) is 4.72. The molecule has 0 radical (unpaired) electrons. The number of sulfonamides is 1. The molecule has 1 aliphatic heterocycles. The molecule has 1 aliphatic rings. The van der Waals surface area contributed by atoms with Crippen LogP contribution in [-0.4, -0.2) is 28.1 Å². The molecule has 0 fully saturated rings. The summed E-state index contributed by atoms with van der Waals surface area (Å²) in [5.74, 6) is -0.686. The molecule has 2 rings (SSSR count). The Labute approximate surface area is 139 Å². The molecule has 23 heavy (non-hydrogen) atoms. The van der Waals surface area contributed by atoms with Crippen LogP contribution in [0.1, 0.15) is 17.5 Å². The molecule has 2 N–H and O–H groups in total. The summed E-state index contributed by atoms with van der Waals surface area (Å²) in [4.78, 5) is 0. The van der Waals surface area contributed by atoms with E-state index in [-0.39, 0.29) is 24.5 Å². The molecule has 0 bridgehead atoms. The number of alkyl halides is 3. The SMILES string of the molecule is Cl.O=S(=O)(Cc1ccccc1C(F)(F)F)NCC1=CCNCC1. The third kappa shape index (κ3) is 6.14. The van der Waals surface area contributed by atoms with Crippen molar-refractivity contribution in [1.82, 2.24) is 10.0 Å². The summed E-state index contributed by atoms with van der Waals surface area (Å²) < 4.78 is 65.0. The molecule has 0 aromatic heterocycles. The molecule has 130 valence electrons. The average Bonchev–Trinajstić information content (AvgIpc) is 2.45. The highest BCUT2D eigenvalue weighted by Gasteiger charge is 2.33. The van der Waals surface area contributed by atoms with E-state index < -0.39 is 27.5 Å². The van der Waals surface area contributed by atoms with Gasteiger partial charge < -0.3 is 5.32 Å². The van der Waals surface area contributed by atoms with Gasteiger partial charge >= 0.3 is 6.18 Å². The number of benzene rings is 1. The van der Waals surface area contributed by atoms with E-state index in [0.29, 0.717) is 6.54 Å². The second-order valence-electron chi connectivity index (χ2n) is 5.05. The number of hydrogen-bond donors (Lipinski definition) is 2. The predicted octanol–water partition coefficient (Wildman–Crippen LogP) is 2.47. The van der Waals surface area contributed by atoms with Gasteiger partial charge in [-0.15, -0.1) is 12.4 Å². The van der Waals surface area contributed by atoms with Crippen molar-refractivity contribution >= 4 is 22.4 Å². The van der Waals surface area contributed by atoms with Gasteiger partial charge in [0.2, 0.25) is 10.0 Å². The van der Waals surface area contributed by atoms with E-state index in [2.05, 4.69) is 10.0 Å². The Bertz CT molecular complexity index is 660. The first-order valence-electron chi connectivity index (χ1n) is 6.79. The molecular weight excluding hydrogens is 353 g/mol. The lowest BCUT2D eigenvalue weighted by Gasteiger charge is -2.16. The normalized spacial score (nSPS) is 15.7. The van der Waals surface area contributed by atoms with Crippen molar-refractivity contribution in [1.29, 1.82) is 0 Å². The summed E-state index contributed by atoms with van der Waals surface area (Å²) in [5, 5.41) is 3.10. The predicted molar refractivity (Wildman–Crippen MR) is 84.9 cm³/mol. The molecule has 1 aromatic rings. The van der Waals surface area contributed by atoms with Crippen LogP contribution in [-0.2, 0) is 22.0 Å². The molecule has 1 aromatic carbocycles. The van der Waals surface area contributed by atoms with Crippen LogP contribution in [0.2, 0.25) is 0 Å². The van der Waals surface area contributed by atoms with Crippen LogP contribution in [0.25, 0.3) is 0 Å². The van der Waals surface area contributed by atoms with E-state index in [1.807, 2.05) is 6.08 Å². The fourth-order valence-electron chi connectivity index (χ4n) is 2.21. The topological polar surface area (TPSA) is 58.2 Å². The van der Waals surface area contributed by atoms with Crippen LogP contribution in [0.15, 0.2) is 35.9 Å². The van der Waals surface area contributed by atoms with Gasteiger partial charge in [0, 0.05) is 13.1 Å². The lowest BCUT2D eigenvalue weighted by Crippen LogP contribution is -2.31. The summed E-state index contributed by atoms with van der Waals surface area (Å²) >= 11 is 0. The largest absolute Gasteiger partial charge is 0.416 e. The first-order valence-corrected chi connectivity index (χ1v) is 8.44. The van der Waals surface area contributed by atoms with Gasteiger partial charge in [0.25, 0.3) is 0 Å². The minimum Gasteiger partial charge on any atom is -0.313 e. The first-order chi connectivity index (χ1) is 10.3. The molecule has 0 amide bonds. The van der Waals surface area contributed by atoms with Gasteiger partial charge in [0.15, 0.2) is 0 Å². The van der Waals surface area contributed by atoms with E-state index in [9.17, 15) is 21.6 Å². The van der Waals surface area contributed by atoms with Gasteiger partial charge in [-0.25, -0.2) is 13.1 Å². The minimum absolute atomic E-state index is 0. The van der Waals surface area contributed by atoms with E-state index in [1.54, 1.807) is 0 Å². The Balaban J connectivity index is 0.00000264. The molecule has 0 saturated carbocycles. The van der Waals surface area contributed by atoms with Gasteiger partial charge in [-0.1, -0.05) is 29.8 Å². The summed E-state index contributed by atoms with van der Waals surface area (Å²) in [7, 11) is -3.83. The maximum absolute atomic E-state index is 12.9. The van der Waals surface area contributed by atoms with Gasteiger partial charge in [0.1, 0.15) is 0 Å². The monoisotopic (exact) mass is 370 g/mol. The molecule has 4 nitrogen and oxygen atoms in total. The highest BCUT2D eigenvalue weighted by molar-refractivity contribution is 7.88. The summed E-state index contributed by atoms with van der Waals surface area (Å²) in [5.41, 5.74) is -0.227. The number of hydrogen-bond acceptors (Lipinski definition) is 3. The Morgan fingerprint density at radius 3 is 2.52 bits per heavy atom. The van der Waals surface area contributed by atoms with E-state index in [4.69, 9.17) is 0 Å². The number of rotatable bonds is 5. The van der Waals surface area contributed by atoms with E-state index in [1.165, 1.54) is 18.2 Å². The molecule has 0 atom stereocenters. The van der Waals surface area contributed by atoms with Gasteiger partial charge in [0.05, 0.1) is 11.3 Å². The molecule has 0 unspecified atom stereocenters. The first kappa shape index (κ1) is 20.0. The van der Waals surface area contributed by atoms with E-state index >= 15 is 0 Å². The Kier molecular flexibility index (Phi) is 7.06. The third-order valence-corrected chi connectivity index (χ3v) is 4.62. The maximum Gasteiger partial charge on any atom is 0.416 e. The van der Waals surface area contributed by atoms with Crippen LogP contribution in [0.3, 0.4) is 0 Å². The lowest BCUT2D eigenvalue weighted by molar-refractivity contribution is -0.138. The number of nitrogens with one attached hydrogen (secondary N) is 2. The standard InChI is InChI=1S/C14H17F3N2O2S.ClH/c15-14(16,17)13-4-2-1-3-12(13)10-22(20,21)19-9-11-5-7-18-8-6-11;/h1-5,18-19H,6-10H2;1H. The quantitative estimate of drug-likeness (QED) is 0.783. The van der Waals surface area contributed by atoms with Crippen molar-refractivity contribution in [2.24, 2.45) is 0 Å². The summed E-state index contributed by atoms with van der Waals surface area (Å²) in [6.07, 6.45) is -1.96. The molecular formula is C14H18ClF3N2O2S. The van der Waals surface area contributed by atoms with Crippen molar-refractivity contribution < 1.29 is 21.6 Å². The van der Waals surface area contributed by atoms with Crippen LogP contribution < -0.4 is 10.0 Å². The summed E-state index contributed by atoms with van der Waals surface area (Å²) in [6.45, 7) is 1.58. The van der Waals surface area contributed by atoms with Crippen LogP contribution in [0.4, 0.5) is 13.2 Å². The highest BCUT2D eigenvalue weighted by atomic mass is 35.5. The fraction of sp³-hybridized carbons (Fsp3) is 0.429. The van der Waals surface area contributed by atoms with Crippen molar-refractivity contribution in [3.05, 3.63) is 47.0 Å². The molecule has 9 heteroatoms. The molecule has 0 saturated heterocycles. The number of halogens is 4. The maximum atomic E-state index is 12.9. The Morgan fingerprint density at radius 1 is 1.22 bits per heavy atom. The Morgan fingerprint density at radius 2 is 1.91 bits per heavy atom. The lowest BCUT2D eigenvalue weighted by atomic mass is 10.1. The van der Waals surface area contributed by atoms with Gasteiger partial charge in [-0.05, 0) is 24.6 Å². The third-order valence-electron chi connectivity index (χ3n) is 3.35. The zero-order valence-electron chi connectivity index (χ0n) is 12.2. The van der Waals surface area contributed by atoms with Crippen molar-refractivity contribution in [3.63, 3.8) is 0 Å². The minimum atomic E-state index is -4.57. The zero-order valence-corrected chi connectivity index (χ0v) is 13.8. The van der Waals surface area contributed by atoms with Crippen molar-refractivity contribution in [2.75, 3.05) is 19.6 Å².